The number of nitrogens with one attached hydrogen (secondary N) is 4. The van der Waals surface area contributed by atoms with Crippen LogP contribution in [-0.4, -0.2) is 74.8 Å². The predicted molar refractivity (Wildman–Crippen MR) is 144 cm³/mol. The van der Waals surface area contributed by atoms with Crippen LogP contribution in [0.3, 0.4) is 0 Å². The molecule has 4 atom stereocenters. The number of thiol groups is 1. The van der Waals surface area contributed by atoms with Crippen LogP contribution in [0.15, 0.2) is 30.5 Å². The standard InChI is InChI=1S/C25H35N5O7S/c1-13(2)9-19(29-22(33)16(26)12-38)23(34)30-20(10-14-11-27-17-6-4-3-5-15(14)17)24(35)28-18(25(36)37)7-8-21(31)32/h3-6,11,13,16,18-20,27,38H,7-10,12,26H2,1-2H3,(H,28,35)(H,29,33)(H,30,34)(H,31,32)(H,36,37). The lowest BCUT2D eigenvalue weighted by molar-refractivity contribution is -0.143. The zero-order valence-corrected chi connectivity index (χ0v) is 22.2. The Labute approximate surface area is 225 Å². The Hall–Kier alpha value is -3.58. The summed E-state index contributed by atoms with van der Waals surface area (Å²) in [6.07, 6.45) is 1.15. The van der Waals surface area contributed by atoms with E-state index in [1.165, 1.54) is 0 Å². The molecule has 0 bridgehead atoms. The monoisotopic (exact) mass is 549 g/mol. The number of carbonyl (C=O) groups is 5. The number of hydrogen-bond acceptors (Lipinski definition) is 7. The molecular formula is C25H35N5O7S. The SMILES string of the molecule is CC(C)CC(NC(=O)C(N)CS)C(=O)NC(Cc1c[nH]c2ccccc12)C(=O)NC(CCC(=O)O)C(=O)O. The molecule has 0 aliphatic heterocycles. The average Bonchev–Trinajstić information content (AvgIpc) is 3.27. The largest absolute Gasteiger partial charge is 0.481 e. The molecule has 4 unspecified atom stereocenters. The molecule has 1 aromatic carbocycles. The zero-order chi connectivity index (χ0) is 28.4. The number of amides is 3. The summed E-state index contributed by atoms with van der Waals surface area (Å²) < 4.78 is 0. The number of H-pyrrole nitrogens is 1. The molecule has 0 spiro atoms. The van der Waals surface area contributed by atoms with Crippen LogP contribution in [0.2, 0.25) is 0 Å². The van der Waals surface area contributed by atoms with E-state index < -0.39 is 60.2 Å². The minimum absolute atomic E-state index is 0.00531. The molecule has 0 aliphatic carbocycles. The maximum atomic E-state index is 13.3. The van der Waals surface area contributed by atoms with Gasteiger partial charge in [0.1, 0.15) is 18.1 Å². The summed E-state index contributed by atoms with van der Waals surface area (Å²) in [4.78, 5) is 64.6. The van der Waals surface area contributed by atoms with Gasteiger partial charge in [0.05, 0.1) is 6.04 Å². The lowest BCUT2D eigenvalue weighted by Gasteiger charge is -2.26. The fourth-order valence-electron chi connectivity index (χ4n) is 3.86. The number of para-hydroxylation sites is 1. The third-order valence-corrected chi connectivity index (χ3v) is 6.26. The van der Waals surface area contributed by atoms with Crippen molar-refractivity contribution in [3.63, 3.8) is 0 Å². The third kappa shape index (κ3) is 9.06. The van der Waals surface area contributed by atoms with E-state index in [-0.39, 0.29) is 30.9 Å². The Balaban J connectivity index is 2.32. The lowest BCUT2D eigenvalue weighted by atomic mass is 10.00. The highest BCUT2D eigenvalue weighted by Gasteiger charge is 2.31. The van der Waals surface area contributed by atoms with E-state index in [0.717, 1.165) is 10.9 Å². The molecule has 8 N–H and O–H groups in total. The van der Waals surface area contributed by atoms with Crippen LogP contribution < -0.4 is 21.7 Å². The quantitative estimate of drug-likeness (QED) is 0.146. The number of hydrogen-bond donors (Lipinski definition) is 8. The van der Waals surface area contributed by atoms with Crippen molar-refractivity contribution < 1.29 is 34.2 Å². The second-order valence-corrected chi connectivity index (χ2v) is 9.80. The van der Waals surface area contributed by atoms with Crippen molar-refractivity contribution in [2.45, 2.75) is 63.7 Å². The molecular weight excluding hydrogens is 514 g/mol. The number of carboxylic acid groups (broad SMARTS) is 2. The summed E-state index contributed by atoms with van der Waals surface area (Å²) >= 11 is 4.01. The van der Waals surface area contributed by atoms with Crippen LogP contribution in [-0.2, 0) is 30.4 Å². The van der Waals surface area contributed by atoms with Gasteiger partial charge in [0.15, 0.2) is 0 Å². The second kappa shape index (κ2) is 14.4. The van der Waals surface area contributed by atoms with Crippen LogP contribution in [0.1, 0.15) is 38.7 Å². The molecule has 1 aromatic heterocycles. The van der Waals surface area contributed by atoms with Crippen molar-refractivity contribution in [3.05, 3.63) is 36.0 Å². The lowest BCUT2D eigenvalue weighted by Crippen LogP contribution is -2.58. The molecule has 2 aromatic rings. The molecule has 1 heterocycles. The Bertz CT molecular complexity index is 1150. The van der Waals surface area contributed by atoms with Gasteiger partial charge in [-0.1, -0.05) is 32.0 Å². The Morgan fingerprint density at radius 2 is 1.55 bits per heavy atom. The summed E-state index contributed by atoms with van der Waals surface area (Å²) in [6.45, 7) is 3.72. The van der Waals surface area contributed by atoms with E-state index >= 15 is 0 Å². The van der Waals surface area contributed by atoms with Gasteiger partial charge in [-0.3, -0.25) is 19.2 Å². The third-order valence-electron chi connectivity index (χ3n) is 5.87. The number of aliphatic carboxylic acids is 2. The Kier molecular flexibility index (Phi) is 11.6. The molecule has 3 amide bonds. The first-order valence-electron chi connectivity index (χ1n) is 12.2. The summed E-state index contributed by atoms with van der Waals surface area (Å²) in [5.74, 6) is -4.55. The molecule has 38 heavy (non-hydrogen) atoms. The van der Waals surface area contributed by atoms with Gasteiger partial charge >= 0.3 is 11.9 Å². The summed E-state index contributed by atoms with van der Waals surface area (Å²) in [6, 6.07) is 2.70. The van der Waals surface area contributed by atoms with Gasteiger partial charge in [-0.15, -0.1) is 0 Å². The van der Waals surface area contributed by atoms with E-state index in [4.69, 9.17) is 10.8 Å². The number of aromatic amines is 1. The number of carbonyl (C=O) groups excluding carboxylic acids is 3. The van der Waals surface area contributed by atoms with Crippen LogP contribution in [0.25, 0.3) is 10.9 Å². The second-order valence-electron chi connectivity index (χ2n) is 9.44. The number of aromatic nitrogens is 1. The van der Waals surface area contributed by atoms with Gasteiger partial charge < -0.3 is 36.9 Å². The van der Waals surface area contributed by atoms with Gasteiger partial charge in [0, 0.05) is 35.7 Å². The molecule has 0 fully saturated rings. The van der Waals surface area contributed by atoms with Gasteiger partial charge in [-0.05, 0) is 30.4 Å². The van der Waals surface area contributed by atoms with Crippen molar-refractivity contribution in [1.82, 2.24) is 20.9 Å². The van der Waals surface area contributed by atoms with Crippen LogP contribution in [0, 0.1) is 5.92 Å². The summed E-state index contributed by atoms with van der Waals surface area (Å²) in [5.41, 5.74) is 7.24. The first-order valence-corrected chi connectivity index (χ1v) is 12.8. The van der Waals surface area contributed by atoms with Crippen molar-refractivity contribution in [2.24, 2.45) is 11.7 Å². The summed E-state index contributed by atoms with van der Waals surface area (Å²) in [7, 11) is 0. The molecule has 0 saturated carbocycles. The van der Waals surface area contributed by atoms with E-state index in [1.807, 2.05) is 38.1 Å². The molecule has 208 valence electrons. The minimum atomic E-state index is -1.47. The molecule has 12 nitrogen and oxygen atoms in total. The van der Waals surface area contributed by atoms with Crippen LogP contribution in [0.4, 0.5) is 0 Å². The smallest absolute Gasteiger partial charge is 0.326 e. The summed E-state index contributed by atoms with van der Waals surface area (Å²) in [5, 5.41) is 26.8. The molecule has 0 aliphatic rings. The first kappa shape index (κ1) is 30.6. The number of benzene rings is 1. The maximum Gasteiger partial charge on any atom is 0.326 e. The predicted octanol–water partition coefficient (Wildman–Crippen LogP) is 0.417. The van der Waals surface area contributed by atoms with Gasteiger partial charge in [0.25, 0.3) is 0 Å². The molecule has 0 saturated heterocycles. The number of rotatable bonds is 15. The normalized spacial score (nSPS) is 14.3. The number of carboxylic acids is 2. The maximum absolute atomic E-state index is 13.3. The van der Waals surface area contributed by atoms with Gasteiger partial charge in [-0.2, -0.15) is 12.6 Å². The topological polar surface area (TPSA) is 204 Å². The van der Waals surface area contributed by atoms with E-state index in [1.54, 1.807) is 6.20 Å². The average molecular weight is 550 g/mol. The molecule has 2 rings (SSSR count). The fourth-order valence-corrected chi connectivity index (χ4v) is 4.03. The van der Waals surface area contributed by atoms with Crippen molar-refractivity contribution in [2.75, 3.05) is 5.75 Å². The minimum Gasteiger partial charge on any atom is -0.481 e. The fraction of sp³-hybridized carbons (Fsp3) is 0.480. The van der Waals surface area contributed by atoms with Crippen molar-refractivity contribution >= 4 is 53.2 Å². The van der Waals surface area contributed by atoms with Crippen molar-refractivity contribution in [3.8, 4) is 0 Å². The first-order chi connectivity index (χ1) is 17.9. The molecule has 0 radical (unpaired) electrons. The van der Waals surface area contributed by atoms with Crippen molar-refractivity contribution in [1.29, 1.82) is 0 Å². The van der Waals surface area contributed by atoms with E-state index in [9.17, 15) is 29.1 Å². The van der Waals surface area contributed by atoms with Gasteiger partial charge in [0.2, 0.25) is 17.7 Å². The highest BCUT2D eigenvalue weighted by molar-refractivity contribution is 7.80. The molecule has 13 heteroatoms. The van der Waals surface area contributed by atoms with E-state index in [2.05, 4.69) is 33.6 Å². The highest BCUT2D eigenvalue weighted by atomic mass is 32.1. The highest BCUT2D eigenvalue weighted by Crippen LogP contribution is 2.19. The van der Waals surface area contributed by atoms with Crippen LogP contribution >= 0.6 is 12.6 Å². The number of fused-ring (bicyclic) bond motifs is 1. The van der Waals surface area contributed by atoms with E-state index in [0.29, 0.717) is 5.56 Å². The van der Waals surface area contributed by atoms with Gasteiger partial charge in [-0.25, -0.2) is 4.79 Å². The number of nitrogens with two attached hydrogens (primary N) is 1. The Morgan fingerprint density at radius 1 is 0.947 bits per heavy atom. The Morgan fingerprint density at radius 3 is 2.16 bits per heavy atom. The van der Waals surface area contributed by atoms with Crippen LogP contribution in [0.5, 0.6) is 0 Å². The zero-order valence-electron chi connectivity index (χ0n) is 21.3.